The first kappa shape index (κ1) is 28.1. The lowest BCUT2D eigenvalue weighted by Gasteiger charge is -2.33. The number of ether oxygens (including phenoxy) is 2. The van der Waals surface area contributed by atoms with Crippen LogP contribution in [0.4, 0.5) is 18.9 Å². The molecule has 0 atom stereocenters. The number of amides is 1. The van der Waals surface area contributed by atoms with E-state index in [2.05, 4.69) is 17.1 Å². The Kier molecular flexibility index (Phi) is 11.6. The van der Waals surface area contributed by atoms with Crippen LogP contribution in [-0.2, 0) is 25.3 Å². The third kappa shape index (κ3) is 10.5. The highest BCUT2D eigenvalue weighted by atomic mass is 19.4. The molecule has 186 valence electrons. The number of carbonyl (C=O) groups excluding carboxylic acids is 1. The van der Waals surface area contributed by atoms with Crippen LogP contribution in [0, 0.1) is 0 Å². The maximum Gasteiger partial charge on any atom is 0.416 e. The minimum Gasteiger partial charge on any atom is -0.489 e. The number of carboxylic acid groups (broad SMARTS) is 2. The van der Waals surface area contributed by atoms with E-state index in [0.29, 0.717) is 0 Å². The van der Waals surface area contributed by atoms with Crippen molar-refractivity contribution in [2.45, 2.75) is 13.1 Å². The predicted molar refractivity (Wildman–Crippen MR) is 111 cm³/mol. The molecule has 1 saturated heterocycles. The Labute approximate surface area is 188 Å². The average Bonchev–Trinajstić information content (AvgIpc) is 2.75. The number of nitrogens with zero attached hydrogens (tertiary/aromatic N) is 2. The lowest BCUT2D eigenvalue weighted by molar-refractivity contribution is -0.159. The molecule has 0 aromatic heterocycles. The normalized spacial score (nSPS) is 14.7. The first-order valence-corrected chi connectivity index (χ1v) is 10.0. The van der Waals surface area contributed by atoms with E-state index in [1.807, 2.05) is 4.90 Å². The van der Waals surface area contributed by atoms with Crippen LogP contribution in [0.5, 0.6) is 5.75 Å². The topological polar surface area (TPSA) is 129 Å². The Bertz CT molecular complexity index is 786. The Morgan fingerprint density at radius 1 is 1.03 bits per heavy atom. The van der Waals surface area contributed by atoms with Crippen molar-refractivity contribution >= 4 is 23.5 Å². The van der Waals surface area contributed by atoms with Crippen LogP contribution in [0.1, 0.15) is 12.5 Å². The molecular formula is C20H28F3N3O7. The molecule has 0 radical (unpaired) electrons. The van der Waals surface area contributed by atoms with Crippen molar-refractivity contribution < 1.29 is 47.2 Å². The monoisotopic (exact) mass is 479 g/mol. The molecule has 0 bridgehead atoms. The zero-order valence-corrected chi connectivity index (χ0v) is 18.4. The summed E-state index contributed by atoms with van der Waals surface area (Å²) in [7, 11) is 1.50. The number of carbonyl (C=O) groups is 3. The second kappa shape index (κ2) is 13.6. The quantitative estimate of drug-likeness (QED) is 0.375. The molecule has 2 rings (SSSR count). The van der Waals surface area contributed by atoms with Crippen molar-refractivity contribution in [3.05, 3.63) is 23.8 Å². The number of methoxy groups -OCH3 is 1. The van der Waals surface area contributed by atoms with Gasteiger partial charge in [-0.2, -0.15) is 13.2 Å². The summed E-state index contributed by atoms with van der Waals surface area (Å²) in [6.45, 7) is 6.89. The maximum absolute atomic E-state index is 13.0. The molecule has 1 aliphatic rings. The molecule has 1 heterocycles. The summed E-state index contributed by atoms with van der Waals surface area (Å²) in [4.78, 5) is 34.8. The molecule has 0 saturated carbocycles. The number of rotatable bonds is 8. The van der Waals surface area contributed by atoms with Crippen LogP contribution < -0.4 is 10.1 Å². The third-order valence-electron chi connectivity index (χ3n) is 4.59. The fourth-order valence-electron chi connectivity index (χ4n) is 2.82. The number of hydrogen-bond acceptors (Lipinski definition) is 7. The summed E-state index contributed by atoms with van der Waals surface area (Å²) in [5.41, 5.74) is -0.827. The minimum atomic E-state index is -4.50. The van der Waals surface area contributed by atoms with Crippen molar-refractivity contribution in [3.8, 4) is 5.75 Å². The first-order chi connectivity index (χ1) is 15.5. The number of benzene rings is 1. The summed E-state index contributed by atoms with van der Waals surface area (Å²) in [6, 6.07) is 3.05. The highest BCUT2D eigenvalue weighted by Crippen LogP contribution is 2.35. The largest absolute Gasteiger partial charge is 0.489 e. The van der Waals surface area contributed by atoms with Gasteiger partial charge in [0.1, 0.15) is 12.4 Å². The van der Waals surface area contributed by atoms with Gasteiger partial charge < -0.3 is 29.9 Å². The van der Waals surface area contributed by atoms with Gasteiger partial charge in [-0.25, -0.2) is 9.59 Å². The standard InChI is InChI=1S/C18H26F3N3O3.C2H2O4/c1-3-23-6-8-24(9-7-23)13-17(25)22-15-12-14(18(19,20)21)4-5-16(15)27-11-10-26-2;3-1(4)2(5)6/h4-5,12H,3,6-11,13H2,1-2H3,(H,22,25);(H,3,4)(H,5,6). The van der Waals surface area contributed by atoms with Crippen LogP contribution in [0.15, 0.2) is 18.2 Å². The molecule has 1 aromatic carbocycles. The molecule has 1 fully saturated rings. The van der Waals surface area contributed by atoms with E-state index in [4.69, 9.17) is 29.3 Å². The average molecular weight is 479 g/mol. The van der Waals surface area contributed by atoms with Gasteiger partial charge in [0.25, 0.3) is 0 Å². The summed E-state index contributed by atoms with van der Waals surface area (Å²) >= 11 is 0. The molecule has 1 aromatic rings. The minimum absolute atomic E-state index is 0.0122. The van der Waals surface area contributed by atoms with Crippen LogP contribution in [-0.4, -0.2) is 97.5 Å². The zero-order valence-electron chi connectivity index (χ0n) is 18.4. The Morgan fingerprint density at radius 2 is 1.61 bits per heavy atom. The van der Waals surface area contributed by atoms with Crippen molar-refractivity contribution in [2.75, 3.05) is 64.9 Å². The molecule has 10 nitrogen and oxygen atoms in total. The molecule has 33 heavy (non-hydrogen) atoms. The number of aliphatic carboxylic acids is 2. The van der Waals surface area contributed by atoms with E-state index in [9.17, 15) is 18.0 Å². The highest BCUT2D eigenvalue weighted by Gasteiger charge is 2.31. The van der Waals surface area contributed by atoms with Crippen LogP contribution in [0.25, 0.3) is 0 Å². The van der Waals surface area contributed by atoms with Crippen molar-refractivity contribution in [1.29, 1.82) is 0 Å². The zero-order chi connectivity index (χ0) is 25.0. The summed E-state index contributed by atoms with van der Waals surface area (Å²) in [6.07, 6.45) is -4.50. The molecule has 0 unspecified atom stereocenters. The van der Waals surface area contributed by atoms with Crippen LogP contribution >= 0.6 is 0 Å². The van der Waals surface area contributed by atoms with E-state index in [1.54, 1.807) is 0 Å². The number of carboxylic acids is 2. The Hall–Kier alpha value is -2.90. The fourth-order valence-corrected chi connectivity index (χ4v) is 2.82. The van der Waals surface area contributed by atoms with Crippen LogP contribution in [0.2, 0.25) is 0 Å². The third-order valence-corrected chi connectivity index (χ3v) is 4.59. The molecule has 0 aliphatic carbocycles. The van der Waals surface area contributed by atoms with Gasteiger partial charge in [-0.1, -0.05) is 6.92 Å². The van der Waals surface area contributed by atoms with Crippen molar-refractivity contribution in [3.63, 3.8) is 0 Å². The van der Waals surface area contributed by atoms with Gasteiger partial charge in [0.05, 0.1) is 24.4 Å². The van der Waals surface area contributed by atoms with E-state index in [-0.39, 0.29) is 37.1 Å². The molecule has 13 heteroatoms. The molecular weight excluding hydrogens is 451 g/mol. The van der Waals surface area contributed by atoms with Gasteiger partial charge in [-0.05, 0) is 24.7 Å². The molecule has 1 amide bonds. The van der Waals surface area contributed by atoms with Crippen molar-refractivity contribution in [2.24, 2.45) is 0 Å². The summed E-state index contributed by atoms with van der Waals surface area (Å²) < 4.78 is 49.3. The van der Waals surface area contributed by atoms with Gasteiger partial charge in [-0.3, -0.25) is 9.69 Å². The number of alkyl halides is 3. The Balaban J connectivity index is 0.000000801. The van der Waals surface area contributed by atoms with Gasteiger partial charge in [-0.15, -0.1) is 0 Å². The highest BCUT2D eigenvalue weighted by molar-refractivity contribution is 6.27. The molecule has 3 N–H and O–H groups in total. The van der Waals surface area contributed by atoms with E-state index < -0.39 is 23.7 Å². The predicted octanol–water partition coefficient (Wildman–Crippen LogP) is 1.46. The van der Waals surface area contributed by atoms with Gasteiger partial charge in [0.15, 0.2) is 0 Å². The van der Waals surface area contributed by atoms with Gasteiger partial charge in [0, 0.05) is 33.3 Å². The number of hydrogen-bond donors (Lipinski definition) is 3. The SMILES string of the molecule is CCN1CCN(CC(=O)Nc2cc(C(F)(F)F)ccc2OCCOC)CC1.O=C(O)C(=O)O. The smallest absolute Gasteiger partial charge is 0.416 e. The van der Waals surface area contributed by atoms with Gasteiger partial charge in [0.2, 0.25) is 5.91 Å². The second-order valence-electron chi connectivity index (χ2n) is 6.92. The Morgan fingerprint density at radius 3 is 2.09 bits per heavy atom. The number of likely N-dealkylation sites (N-methyl/N-ethyl adjacent to an activating group) is 1. The lowest BCUT2D eigenvalue weighted by atomic mass is 10.1. The summed E-state index contributed by atoms with van der Waals surface area (Å²) in [5, 5.41) is 17.3. The van der Waals surface area contributed by atoms with Gasteiger partial charge >= 0.3 is 18.1 Å². The molecule has 0 spiro atoms. The van der Waals surface area contributed by atoms with E-state index in [0.717, 1.165) is 44.9 Å². The van der Waals surface area contributed by atoms with Crippen LogP contribution in [0.3, 0.4) is 0 Å². The maximum atomic E-state index is 13.0. The van der Waals surface area contributed by atoms with E-state index in [1.165, 1.54) is 13.2 Å². The number of anilines is 1. The van der Waals surface area contributed by atoms with E-state index >= 15 is 0 Å². The first-order valence-electron chi connectivity index (χ1n) is 10.0. The fraction of sp³-hybridized carbons (Fsp3) is 0.550. The number of piperazine rings is 1. The number of nitrogens with one attached hydrogen (secondary N) is 1. The van der Waals surface area contributed by atoms with Crippen molar-refractivity contribution in [1.82, 2.24) is 9.80 Å². The number of halogens is 3. The molecule has 1 aliphatic heterocycles. The summed E-state index contributed by atoms with van der Waals surface area (Å²) in [5.74, 6) is -3.83. The lowest BCUT2D eigenvalue weighted by Crippen LogP contribution is -2.48. The second-order valence-corrected chi connectivity index (χ2v) is 6.92.